The molecular weight excluding hydrogens is 410 g/mol. The lowest BCUT2D eigenvalue weighted by Crippen LogP contribution is -2.42. The van der Waals surface area contributed by atoms with Crippen molar-refractivity contribution in [1.29, 1.82) is 0 Å². The number of benzene rings is 1. The van der Waals surface area contributed by atoms with E-state index in [1.807, 2.05) is 35.0 Å². The predicted octanol–water partition coefficient (Wildman–Crippen LogP) is 2.79. The Bertz CT molecular complexity index is 925. The molecule has 0 radical (unpaired) electrons. The minimum absolute atomic E-state index is 0.0326. The van der Waals surface area contributed by atoms with Crippen molar-refractivity contribution in [2.45, 2.75) is 37.4 Å². The topological polar surface area (TPSA) is 81.5 Å². The van der Waals surface area contributed by atoms with E-state index in [4.69, 9.17) is 4.74 Å². The molecule has 2 heterocycles. The molecule has 7 nitrogen and oxygen atoms in total. The normalized spacial score (nSPS) is 17.9. The zero-order valence-electron chi connectivity index (χ0n) is 16.8. The average molecular weight is 438 g/mol. The van der Waals surface area contributed by atoms with Gasteiger partial charge in [0, 0.05) is 30.7 Å². The number of ether oxygens (including phenoxy) is 1. The number of hydrogen-bond acceptors (Lipinski definition) is 6. The van der Waals surface area contributed by atoms with Gasteiger partial charge in [-0.3, -0.25) is 9.36 Å². The van der Waals surface area contributed by atoms with Crippen molar-refractivity contribution in [2.75, 3.05) is 30.9 Å². The van der Waals surface area contributed by atoms with Gasteiger partial charge in [-0.25, -0.2) is 13.4 Å². The van der Waals surface area contributed by atoms with Crippen LogP contribution in [0.15, 0.2) is 41.8 Å². The number of sulfone groups is 1. The van der Waals surface area contributed by atoms with Crippen LogP contribution in [0.25, 0.3) is 5.69 Å². The minimum atomic E-state index is -3.03. The molecule has 1 atom stereocenters. The van der Waals surface area contributed by atoms with Gasteiger partial charge in [-0.15, -0.1) is 0 Å². The number of thioether (sulfide) groups is 1. The number of methoxy groups -OCH3 is 1. The Balaban J connectivity index is 1.67. The predicted molar refractivity (Wildman–Crippen MR) is 115 cm³/mol. The number of amides is 1. The highest BCUT2D eigenvalue weighted by molar-refractivity contribution is 7.99. The van der Waals surface area contributed by atoms with Crippen LogP contribution in [0.1, 0.15) is 26.2 Å². The Kier molecular flexibility index (Phi) is 7.23. The largest absolute Gasteiger partial charge is 0.497 e. The van der Waals surface area contributed by atoms with Crippen LogP contribution in [0, 0.1) is 0 Å². The average Bonchev–Trinajstić information content (AvgIpc) is 3.33. The molecule has 0 aliphatic carbocycles. The van der Waals surface area contributed by atoms with Crippen molar-refractivity contribution >= 4 is 27.5 Å². The smallest absolute Gasteiger partial charge is 0.233 e. The summed E-state index contributed by atoms with van der Waals surface area (Å²) in [7, 11) is -1.41. The fraction of sp³-hybridized carbons (Fsp3) is 0.500. The highest BCUT2D eigenvalue weighted by Crippen LogP contribution is 2.24. The van der Waals surface area contributed by atoms with Crippen molar-refractivity contribution in [1.82, 2.24) is 14.5 Å². The van der Waals surface area contributed by atoms with E-state index in [1.54, 1.807) is 18.2 Å². The van der Waals surface area contributed by atoms with Crippen LogP contribution < -0.4 is 4.74 Å². The number of carbonyl (C=O) groups is 1. The fourth-order valence-electron chi connectivity index (χ4n) is 3.41. The van der Waals surface area contributed by atoms with E-state index < -0.39 is 9.84 Å². The maximum Gasteiger partial charge on any atom is 0.233 e. The summed E-state index contributed by atoms with van der Waals surface area (Å²) in [5, 5.41) is 0.720. The summed E-state index contributed by atoms with van der Waals surface area (Å²) in [5.74, 6) is 1.22. The lowest BCUT2D eigenvalue weighted by Gasteiger charge is -2.28. The first-order valence-electron chi connectivity index (χ1n) is 9.74. The van der Waals surface area contributed by atoms with Crippen LogP contribution in [0.3, 0.4) is 0 Å². The quantitative estimate of drug-likeness (QED) is 0.561. The van der Waals surface area contributed by atoms with Gasteiger partial charge >= 0.3 is 0 Å². The Morgan fingerprint density at radius 1 is 1.34 bits per heavy atom. The Labute approximate surface area is 176 Å². The Hall–Kier alpha value is -2.00. The monoisotopic (exact) mass is 437 g/mol. The first-order valence-corrected chi connectivity index (χ1v) is 12.5. The van der Waals surface area contributed by atoms with Gasteiger partial charge in [-0.1, -0.05) is 25.1 Å². The number of nitrogens with zero attached hydrogens (tertiary/aromatic N) is 3. The number of carbonyl (C=O) groups excluding carboxylic acids is 1. The third kappa shape index (κ3) is 5.54. The molecule has 1 aromatic carbocycles. The molecule has 1 fully saturated rings. The van der Waals surface area contributed by atoms with Crippen molar-refractivity contribution in [3.05, 3.63) is 36.7 Å². The number of hydrogen-bond donors (Lipinski definition) is 0. The molecule has 158 valence electrons. The summed E-state index contributed by atoms with van der Waals surface area (Å²) in [6.45, 7) is 2.66. The molecule has 1 saturated heterocycles. The summed E-state index contributed by atoms with van der Waals surface area (Å²) in [4.78, 5) is 19.1. The first-order chi connectivity index (χ1) is 13.9. The van der Waals surface area contributed by atoms with Crippen LogP contribution >= 0.6 is 11.8 Å². The van der Waals surface area contributed by atoms with Gasteiger partial charge in [0.1, 0.15) is 5.75 Å². The lowest BCUT2D eigenvalue weighted by molar-refractivity contribution is -0.130. The maximum atomic E-state index is 12.9. The van der Waals surface area contributed by atoms with Gasteiger partial charge < -0.3 is 9.64 Å². The maximum absolute atomic E-state index is 12.9. The van der Waals surface area contributed by atoms with Crippen molar-refractivity contribution in [3.8, 4) is 11.4 Å². The highest BCUT2D eigenvalue weighted by atomic mass is 32.2. The van der Waals surface area contributed by atoms with Crippen molar-refractivity contribution in [2.24, 2.45) is 0 Å². The van der Waals surface area contributed by atoms with Crippen LogP contribution in [-0.4, -0.2) is 65.7 Å². The third-order valence-electron chi connectivity index (χ3n) is 5.00. The molecule has 1 aromatic heterocycles. The second-order valence-corrected chi connectivity index (χ2v) is 10.2. The third-order valence-corrected chi connectivity index (χ3v) is 7.71. The molecule has 1 aliphatic rings. The summed E-state index contributed by atoms with van der Waals surface area (Å²) in [6, 6.07) is 7.41. The molecule has 9 heteroatoms. The van der Waals surface area contributed by atoms with Gasteiger partial charge in [-0.2, -0.15) is 0 Å². The molecule has 29 heavy (non-hydrogen) atoms. The fourth-order valence-corrected chi connectivity index (χ4v) is 6.00. The van der Waals surface area contributed by atoms with E-state index in [2.05, 4.69) is 11.9 Å². The second kappa shape index (κ2) is 9.67. The Morgan fingerprint density at radius 2 is 2.10 bits per heavy atom. The first kappa shape index (κ1) is 21.7. The van der Waals surface area contributed by atoms with E-state index in [-0.39, 0.29) is 29.2 Å². The number of rotatable bonds is 9. The van der Waals surface area contributed by atoms with E-state index in [0.717, 1.165) is 29.4 Å². The van der Waals surface area contributed by atoms with Crippen molar-refractivity contribution in [3.63, 3.8) is 0 Å². The molecule has 3 rings (SSSR count). The van der Waals surface area contributed by atoms with E-state index in [0.29, 0.717) is 13.0 Å². The summed E-state index contributed by atoms with van der Waals surface area (Å²) in [6.07, 6.45) is 5.91. The van der Waals surface area contributed by atoms with Crippen LogP contribution in [-0.2, 0) is 14.6 Å². The van der Waals surface area contributed by atoms with E-state index in [1.165, 1.54) is 11.8 Å². The highest BCUT2D eigenvalue weighted by Gasteiger charge is 2.34. The lowest BCUT2D eigenvalue weighted by atomic mass is 10.2. The molecule has 0 saturated carbocycles. The summed E-state index contributed by atoms with van der Waals surface area (Å²) < 4.78 is 30.9. The number of imidazole rings is 1. The van der Waals surface area contributed by atoms with Crippen molar-refractivity contribution < 1.29 is 17.9 Å². The molecule has 0 bridgehead atoms. The van der Waals surface area contributed by atoms with Crippen LogP contribution in [0.5, 0.6) is 5.75 Å². The molecular formula is C20H27N3O4S2. The molecule has 0 N–H and O–H groups in total. The second-order valence-electron chi connectivity index (χ2n) is 7.06. The van der Waals surface area contributed by atoms with Gasteiger partial charge in [0.15, 0.2) is 15.0 Å². The molecule has 0 spiro atoms. The Morgan fingerprint density at radius 3 is 2.72 bits per heavy atom. The van der Waals surface area contributed by atoms with Gasteiger partial charge in [-0.05, 0) is 37.1 Å². The minimum Gasteiger partial charge on any atom is -0.497 e. The number of aromatic nitrogens is 2. The molecule has 1 unspecified atom stereocenters. The van der Waals surface area contributed by atoms with Gasteiger partial charge in [0.2, 0.25) is 5.91 Å². The van der Waals surface area contributed by atoms with Crippen LogP contribution in [0.4, 0.5) is 0 Å². The number of unbranched alkanes of at least 4 members (excludes halogenated alkanes) is 1. The molecule has 1 amide bonds. The summed E-state index contributed by atoms with van der Waals surface area (Å²) >= 11 is 1.37. The zero-order chi connectivity index (χ0) is 20.9. The molecule has 2 aromatic rings. The summed E-state index contributed by atoms with van der Waals surface area (Å²) in [5.41, 5.74) is 0.933. The van der Waals surface area contributed by atoms with Gasteiger partial charge in [0.05, 0.1) is 24.4 Å². The SMILES string of the molecule is CCCCN(C(=O)CSc1nccn1-c1ccc(OC)cc1)C1CCS(=O)(=O)C1. The standard InChI is InChI=1S/C20H27N3O4S2/c1-3-4-11-22(17-9-13-29(25,26)15-17)19(24)14-28-20-21-10-12-23(20)16-5-7-18(27-2)8-6-16/h5-8,10,12,17H,3-4,9,11,13-15H2,1-2H3. The van der Waals surface area contributed by atoms with Crippen LogP contribution in [0.2, 0.25) is 0 Å². The zero-order valence-corrected chi connectivity index (χ0v) is 18.4. The van der Waals surface area contributed by atoms with Gasteiger partial charge in [0.25, 0.3) is 0 Å². The van der Waals surface area contributed by atoms with E-state index in [9.17, 15) is 13.2 Å². The van der Waals surface area contributed by atoms with E-state index >= 15 is 0 Å². The molecule has 1 aliphatic heterocycles.